The van der Waals surface area contributed by atoms with Crippen molar-refractivity contribution in [3.63, 3.8) is 0 Å². The summed E-state index contributed by atoms with van der Waals surface area (Å²) in [6.45, 7) is 5.50. The summed E-state index contributed by atoms with van der Waals surface area (Å²) in [7, 11) is 0. The molecule has 1 aliphatic rings. The molecule has 0 unspecified atom stereocenters. The van der Waals surface area contributed by atoms with Crippen molar-refractivity contribution < 1.29 is 27.4 Å². The number of hydrogen-bond acceptors (Lipinski definition) is 4. The quantitative estimate of drug-likeness (QED) is 0.829. The Labute approximate surface area is 109 Å². The zero-order valence-electron chi connectivity index (χ0n) is 11.1. The van der Waals surface area contributed by atoms with Crippen molar-refractivity contribution in [3.8, 4) is 0 Å². The summed E-state index contributed by atoms with van der Waals surface area (Å²) < 4.78 is 44.9. The highest BCUT2D eigenvalue weighted by molar-refractivity contribution is 5.67. The van der Waals surface area contributed by atoms with Crippen LogP contribution in [-0.4, -0.2) is 43.3 Å². The van der Waals surface area contributed by atoms with E-state index in [1.807, 2.05) is 0 Å². The standard InChI is InChI=1S/C11H19F3N2O3/c1-10(2,3)19-9(17)16-5-7-4-8(6-15-7)18-11(12,13)14/h7-8,15H,4-6H2,1-3H3,(H,16,17)/t7-,8+/m0/s1. The lowest BCUT2D eigenvalue weighted by Gasteiger charge is -2.20. The number of ether oxygens (including phenoxy) is 2. The molecule has 2 atom stereocenters. The molecule has 0 saturated carbocycles. The van der Waals surface area contributed by atoms with Crippen LogP contribution >= 0.6 is 0 Å². The minimum absolute atomic E-state index is 0.111. The lowest BCUT2D eigenvalue weighted by atomic mass is 10.2. The van der Waals surface area contributed by atoms with Gasteiger partial charge in [-0.3, -0.25) is 4.74 Å². The Bertz CT molecular complexity index is 315. The third-order valence-corrected chi connectivity index (χ3v) is 2.37. The fourth-order valence-electron chi connectivity index (χ4n) is 1.74. The summed E-state index contributed by atoms with van der Waals surface area (Å²) in [6.07, 6.45) is -5.94. The average molecular weight is 284 g/mol. The molecular weight excluding hydrogens is 265 g/mol. The van der Waals surface area contributed by atoms with Crippen LogP contribution in [0.1, 0.15) is 27.2 Å². The number of amides is 1. The highest BCUT2D eigenvalue weighted by atomic mass is 19.4. The molecule has 112 valence electrons. The molecule has 1 heterocycles. The lowest BCUT2D eigenvalue weighted by Crippen LogP contribution is -2.39. The van der Waals surface area contributed by atoms with E-state index >= 15 is 0 Å². The molecule has 1 rings (SSSR count). The van der Waals surface area contributed by atoms with E-state index in [2.05, 4.69) is 15.4 Å². The molecule has 0 spiro atoms. The minimum Gasteiger partial charge on any atom is -0.444 e. The van der Waals surface area contributed by atoms with E-state index in [1.54, 1.807) is 20.8 Å². The molecule has 8 heteroatoms. The first-order valence-corrected chi connectivity index (χ1v) is 6.00. The molecule has 0 bridgehead atoms. The second-order valence-electron chi connectivity index (χ2n) is 5.41. The molecule has 1 aliphatic heterocycles. The van der Waals surface area contributed by atoms with Crippen molar-refractivity contribution in [1.82, 2.24) is 10.6 Å². The molecule has 0 aromatic heterocycles. The van der Waals surface area contributed by atoms with Gasteiger partial charge in [0.1, 0.15) is 5.60 Å². The van der Waals surface area contributed by atoms with Crippen LogP contribution in [-0.2, 0) is 9.47 Å². The van der Waals surface area contributed by atoms with E-state index in [-0.39, 0.29) is 25.6 Å². The Hall–Kier alpha value is -1.02. The topological polar surface area (TPSA) is 59.6 Å². The number of halogens is 3. The lowest BCUT2D eigenvalue weighted by molar-refractivity contribution is -0.340. The van der Waals surface area contributed by atoms with Crippen LogP contribution in [0.5, 0.6) is 0 Å². The van der Waals surface area contributed by atoms with Crippen molar-refractivity contribution in [1.29, 1.82) is 0 Å². The van der Waals surface area contributed by atoms with Gasteiger partial charge in [0.05, 0.1) is 6.10 Å². The van der Waals surface area contributed by atoms with Crippen LogP contribution in [0.4, 0.5) is 18.0 Å². The first kappa shape index (κ1) is 16.0. The number of alkyl carbamates (subject to hydrolysis) is 1. The van der Waals surface area contributed by atoms with E-state index in [4.69, 9.17) is 4.74 Å². The highest BCUT2D eigenvalue weighted by Crippen LogP contribution is 2.22. The molecule has 19 heavy (non-hydrogen) atoms. The van der Waals surface area contributed by atoms with E-state index in [9.17, 15) is 18.0 Å². The van der Waals surface area contributed by atoms with E-state index in [1.165, 1.54) is 0 Å². The predicted octanol–water partition coefficient (Wildman–Crippen LogP) is 1.78. The summed E-state index contributed by atoms with van der Waals surface area (Å²) >= 11 is 0. The van der Waals surface area contributed by atoms with Gasteiger partial charge in [0, 0.05) is 19.1 Å². The molecule has 1 fully saturated rings. The molecule has 1 saturated heterocycles. The van der Waals surface area contributed by atoms with E-state index in [0.717, 1.165) is 0 Å². The Morgan fingerprint density at radius 2 is 2.00 bits per heavy atom. The molecule has 0 aliphatic carbocycles. The van der Waals surface area contributed by atoms with Gasteiger partial charge < -0.3 is 15.4 Å². The largest absolute Gasteiger partial charge is 0.522 e. The van der Waals surface area contributed by atoms with Crippen molar-refractivity contribution in [2.45, 2.75) is 51.3 Å². The summed E-state index contributed by atoms with van der Waals surface area (Å²) in [5, 5.41) is 5.36. The van der Waals surface area contributed by atoms with Crippen molar-refractivity contribution >= 4 is 6.09 Å². The summed E-state index contributed by atoms with van der Waals surface area (Å²) in [5.74, 6) is 0. The van der Waals surface area contributed by atoms with Crippen molar-refractivity contribution in [2.75, 3.05) is 13.1 Å². The van der Waals surface area contributed by atoms with Crippen LogP contribution < -0.4 is 10.6 Å². The molecular formula is C11H19F3N2O3. The van der Waals surface area contributed by atoms with Crippen LogP contribution in [0, 0.1) is 0 Å². The number of carbonyl (C=O) groups is 1. The smallest absolute Gasteiger partial charge is 0.444 e. The molecule has 2 N–H and O–H groups in total. The van der Waals surface area contributed by atoms with Crippen LogP contribution in [0.25, 0.3) is 0 Å². The summed E-state index contributed by atoms with van der Waals surface area (Å²) in [5.41, 5.74) is -0.602. The minimum atomic E-state index is -4.63. The fraction of sp³-hybridized carbons (Fsp3) is 0.909. The van der Waals surface area contributed by atoms with Crippen molar-refractivity contribution in [2.24, 2.45) is 0 Å². The first-order valence-electron chi connectivity index (χ1n) is 6.00. The molecule has 0 radical (unpaired) electrons. The maximum atomic E-state index is 12.0. The predicted molar refractivity (Wildman–Crippen MR) is 61.6 cm³/mol. The SMILES string of the molecule is CC(C)(C)OC(=O)NC[C@@H]1C[C@@H](OC(F)(F)F)CN1. The number of carbonyl (C=O) groups excluding carboxylic acids is 1. The molecule has 0 aromatic carbocycles. The zero-order chi connectivity index (χ0) is 14.7. The van der Waals surface area contributed by atoms with E-state index in [0.29, 0.717) is 0 Å². The second-order valence-corrected chi connectivity index (χ2v) is 5.41. The first-order chi connectivity index (χ1) is 8.55. The third kappa shape index (κ3) is 7.22. The van der Waals surface area contributed by atoms with Gasteiger partial charge in [0.15, 0.2) is 0 Å². The van der Waals surface area contributed by atoms with Gasteiger partial charge in [-0.25, -0.2) is 4.79 Å². The Morgan fingerprint density at radius 3 is 2.53 bits per heavy atom. The number of nitrogens with one attached hydrogen (secondary N) is 2. The maximum Gasteiger partial charge on any atom is 0.522 e. The van der Waals surface area contributed by atoms with E-state index < -0.39 is 24.2 Å². The molecule has 0 aromatic rings. The van der Waals surface area contributed by atoms with Gasteiger partial charge in [-0.15, -0.1) is 13.2 Å². The third-order valence-electron chi connectivity index (χ3n) is 2.37. The monoisotopic (exact) mass is 284 g/mol. The average Bonchev–Trinajstić information content (AvgIpc) is 2.57. The second kappa shape index (κ2) is 5.96. The maximum absolute atomic E-state index is 12.0. The number of hydrogen-bond donors (Lipinski definition) is 2. The van der Waals surface area contributed by atoms with Gasteiger partial charge >= 0.3 is 12.5 Å². The highest BCUT2D eigenvalue weighted by Gasteiger charge is 2.37. The normalized spacial score (nSPS) is 24.3. The Balaban J connectivity index is 2.24. The fourth-order valence-corrected chi connectivity index (χ4v) is 1.74. The molecule has 1 amide bonds. The van der Waals surface area contributed by atoms with Gasteiger partial charge in [-0.05, 0) is 27.2 Å². The Morgan fingerprint density at radius 1 is 1.37 bits per heavy atom. The van der Waals surface area contributed by atoms with Gasteiger partial charge in [0.25, 0.3) is 0 Å². The van der Waals surface area contributed by atoms with Crippen LogP contribution in [0.2, 0.25) is 0 Å². The van der Waals surface area contributed by atoms with Gasteiger partial charge in [0.2, 0.25) is 0 Å². The van der Waals surface area contributed by atoms with Crippen LogP contribution in [0.3, 0.4) is 0 Å². The summed E-state index contributed by atoms with van der Waals surface area (Å²) in [4.78, 5) is 11.4. The van der Waals surface area contributed by atoms with Crippen LogP contribution in [0.15, 0.2) is 0 Å². The van der Waals surface area contributed by atoms with Gasteiger partial charge in [-0.2, -0.15) is 0 Å². The molecule has 5 nitrogen and oxygen atoms in total. The Kier molecular flexibility index (Phi) is 5.03. The number of rotatable bonds is 3. The zero-order valence-corrected chi connectivity index (χ0v) is 11.1. The van der Waals surface area contributed by atoms with Gasteiger partial charge in [-0.1, -0.05) is 0 Å². The summed E-state index contributed by atoms with van der Waals surface area (Å²) in [6, 6.07) is -0.250. The number of alkyl halides is 3. The van der Waals surface area contributed by atoms with Crippen molar-refractivity contribution in [3.05, 3.63) is 0 Å².